The molecule has 1 aliphatic rings. The Bertz CT molecular complexity index is 944. The lowest BCUT2D eigenvalue weighted by Crippen LogP contribution is -2.51. The molecule has 0 spiro atoms. The number of nitrogens with zero attached hydrogens (tertiary/aromatic N) is 2. The molecular weight excluding hydrogens is 449 g/mol. The van der Waals surface area contributed by atoms with Crippen molar-refractivity contribution >= 4 is 67.8 Å². The van der Waals surface area contributed by atoms with Crippen molar-refractivity contribution in [2.24, 2.45) is 0 Å². The first-order valence-electron chi connectivity index (χ1n) is 8.04. The Morgan fingerprint density at radius 1 is 0.926 bits per heavy atom. The van der Waals surface area contributed by atoms with E-state index in [1.54, 1.807) is 30.3 Å². The Labute approximate surface area is 178 Å². The molecule has 0 aliphatic carbocycles. The van der Waals surface area contributed by atoms with Gasteiger partial charge in [0.2, 0.25) is 10.0 Å². The average Bonchev–Trinajstić information content (AvgIpc) is 2.65. The number of sulfonamides is 1. The van der Waals surface area contributed by atoms with Crippen molar-refractivity contribution in [2.75, 3.05) is 31.5 Å². The second kappa shape index (κ2) is 8.51. The van der Waals surface area contributed by atoms with Crippen LogP contribution in [0.4, 0.5) is 5.69 Å². The molecule has 0 radical (unpaired) electrons. The standard InChI is InChI=1S/C17H16Cl3N3O2S2/c18-12-1-4-14(5-2-12)27(24,25)23-9-7-22(8-10-23)17(26)21-13-3-6-15(19)16(20)11-13/h1-6,11H,7-10H2,(H,21,26). The Kier molecular flexibility index (Phi) is 6.50. The minimum atomic E-state index is -3.54. The van der Waals surface area contributed by atoms with Crippen molar-refractivity contribution in [1.82, 2.24) is 9.21 Å². The number of anilines is 1. The Hall–Kier alpha value is -1.09. The van der Waals surface area contributed by atoms with E-state index in [2.05, 4.69) is 5.32 Å². The summed E-state index contributed by atoms with van der Waals surface area (Å²) in [6.07, 6.45) is 0. The highest BCUT2D eigenvalue weighted by molar-refractivity contribution is 7.89. The van der Waals surface area contributed by atoms with Crippen LogP contribution in [0.1, 0.15) is 0 Å². The highest BCUT2D eigenvalue weighted by Crippen LogP contribution is 2.25. The molecule has 2 aromatic carbocycles. The van der Waals surface area contributed by atoms with Gasteiger partial charge in [0.05, 0.1) is 14.9 Å². The zero-order valence-corrected chi connectivity index (χ0v) is 17.9. The molecule has 1 heterocycles. The van der Waals surface area contributed by atoms with E-state index >= 15 is 0 Å². The number of rotatable bonds is 3. The molecule has 3 rings (SSSR count). The van der Waals surface area contributed by atoms with Gasteiger partial charge in [0, 0.05) is 36.9 Å². The summed E-state index contributed by atoms with van der Waals surface area (Å²) in [4.78, 5) is 2.16. The van der Waals surface area contributed by atoms with Gasteiger partial charge in [0.15, 0.2) is 5.11 Å². The van der Waals surface area contributed by atoms with Gasteiger partial charge >= 0.3 is 0 Å². The number of hydrogen-bond acceptors (Lipinski definition) is 3. The molecule has 1 N–H and O–H groups in total. The number of nitrogens with one attached hydrogen (secondary N) is 1. The number of benzene rings is 2. The van der Waals surface area contributed by atoms with Gasteiger partial charge in [-0.2, -0.15) is 4.31 Å². The molecule has 0 amide bonds. The summed E-state index contributed by atoms with van der Waals surface area (Å²) in [7, 11) is -3.54. The summed E-state index contributed by atoms with van der Waals surface area (Å²) < 4.78 is 26.9. The minimum absolute atomic E-state index is 0.233. The lowest BCUT2D eigenvalue weighted by molar-refractivity contribution is 0.268. The van der Waals surface area contributed by atoms with Crippen LogP contribution in [0.25, 0.3) is 0 Å². The summed E-state index contributed by atoms with van der Waals surface area (Å²) in [5, 5.41) is 5.01. The van der Waals surface area contributed by atoms with Crippen molar-refractivity contribution in [1.29, 1.82) is 0 Å². The third-order valence-corrected chi connectivity index (χ3v) is 7.41. The number of thiocarbonyl (C=S) groups is 1. The molecule has 0 unspecified atom stereocenters. The van der Waals surface area contributed by atoms with Crippen LogP contribution in [0.3, 0.4) is 0 Å². The highest BCUT2D eigenvalue weighted by atomic mass is 35.5. The van der Waals surface area contributed by atoms with Crippen LogP contribution in [0.2, 0.25) is 15.1 Å². The van der Waals surface area contributed by atoms with Crippen molar-refractivity contribution < 1.29 is 8.42 Å². The van der Waals surface area contributed by atoms with Crippen LogP contribution in [0, 0.1) is 0 Å². The molecule has 0 bridgehead atoms. The minimum Gasteiger partial charge on any atom is -0.346 e. The predicted octanol–water partition coefficient (Wildman–Crippen LogP) is 4.35. The van der Waals surface area contributed by atoms with E-state index in [0.29, 0.717) is 46.4 Å². The van der Waals surface area contributed by atoms with Gasteiger partial charge in [0.1, 0.15) is 0 Å². The number of hydrogen-bond donors (Lipinski definition) is 1. The lowest BCUT2D eigenvalue weighted by atomic mass is 10.3. The smallest absolute Gasteiger partial charge is 0.243 e. The summed E-state index contributed by atoms with van der Waals surface area (Å²) in [6, 6.07) is 11.3. The number of halogens is 3. The first kappa shape index (κ1) is 20.6. The van der Waals surface area contributed by atoms with E-state index in [1.165, 1.54) is 16.4 Å². The molecule has 0 saturated carbocycles. The maximum atomic E-state index is 12.7. The van der Waals surface area contributed by atoms with Gasteiger partial charge in [-0.1, -0.05) is 34.8 Å². The summed E-state index contributed by atoms with van der Waals surface area (Å²) >= 11 is 23.2. The third-order valence-electron chi connectivity index (χ3n) is 4.15. The molecule has 5 nitrogen and oxygen atoms in total. The zero-order chi connectivity index (χ0) is 19.6. The van der Waals surface area contributed by atoms with Crippen molar-refractivity contribution in [3.05, 3.63) is 57.5 Å². The van der Waals surface area contributed by atoms with E-state index in [4.69, 9.17) is 47.0 Å². The fraction of sp³-hybridized carbons (Fsp3) is 0.235. The Balaban J connectivity index is 1.61. The van der Waals surface area contributed by atoms with Crippen molar-refractivity contribution in [3.8, 4) is 0 Å². The fourth-order valence-electron chi connectivity index (χ4n) is 2.66. The normalized spacial score (nSPS) is 15.6. The molecule has 0 aromatic heterocycles. The van der Waals surface area contributed by atoms with E-state index in [1.807, 2.05) is 4.90 Å². The van der Waals surface area contributed by atoms with Crippen LogP contribution in [-0.2, 0) is 10.0 Å². The van der Waals surface area contributed by atoms with Crippen molar-refractivity contribution in [2.45, 2.75) is 4.90 Å². The van der Waals surface area contributed by atoms with Crippen molar-refractivity contribution in [3.63, 3.8) is 0 Å². The average molecular weight is 465 g/mol. The molecule has 1 fully saturated rings. The molecule has 10 heteroatoms. The monoisotopic (exact) mass is 463 g/mol. The van der Waals surface area contributed by atoms with Crippen LogP contribution in [-0.4, -0.2) is 48.9 Å². The van der Waals surface area contributed by atoms with Crippen LogP contribution < -0.4 is 5.32 Å². The summed E-state index contributed by atoms with van der Waals surface area (Å²) in [5.74, 6) is 0. The van der Waals surface area contributed by atoms with Crippen LogP contribution >= 0.6 is 47.0 Å². The number of piperazine rings is 1. The van der Waals surface area contributed by atoms with Gasteiger partial charge < -0.3 is 10.2 Å². The van der Waals surface area contributed by atoms with Gasteiger partial charge in [-0.25, -0.2) is 8.42 Å². The largest absolute Gasteiger partial charge is 0.346 e. The van der Waals surface area contributed by atoms with Gasteiger partial charge in [0.25, 0.3) is 0 Å². The highest BCUT2D eigenvalue weighted by Gasteiger charge is 2.29. The van der Waals surface area contributed by atoms with E-state index in [0.717, 1.165) is 5.69 Å². The summed E-state index contributed by atoms with van der Waals surface area (Å²) in [6.45, 7) is 1.66. The Morgan fingerprint density at radius 3 is 2.15 bits per heavy atom. The van der Waals surface area contributed by atoms with Crippen LogP contribution in [0.5, 0.6) is 0 Å². The third kappa shape index (κ3) is 4.85. The molecule has 0 atom stereocenters. The predicted molar refractivity (Wildman–Crippen MR) is 114 cm³/mol. The van der Waals surface area contributed by atoms with Gasteiger partial charge in [-0.15, -0.1) is 0 Å². The SMILES string of the molecule is O=S(=O)(c1ccc(Cl)cc1)N1CCN(C(=S)Nc2ccc(Cl)c(Cl)c2)CC1. The molecule has 1 aliphatic heterocycles. The molecule has 144 valence electrons. The van der Waals surface area contributed by atoms with Gasteiger partial charge in [-0.05, 0) is 54.7 Å². The lowest BCUT2D eigenvalue weighted by Gasteiger charge is -2.35. The maximum Gasteiger partial charge on any atom is 0.243 e. The van der Waals surface area contributed by atoms with E-state index in [-0.39, 0.29) is 4.90 Å². The maximum absolute atomic E-state index is 12.7. The molecule has 2 aromatic rings. The summed E-state index contributed by atoms with van der Waals surface area (Å²) in [5.41, 5.74) is 0.727. The Morgan fingerprint density at radius 2 is 1.56 bits per heavy atom. The quantitative estimate of drug-likeness (QED) is 0.684. The first-order valence-corrected chi connectivity index (χ1v) is 11.0. The second-order valence-electron chi connectivity index (χ2n) is 5.90. The zero-order valence-electron chi connectivity index (χ0n) is 14.0. The fourth-order valence-corrected chi connectivity index (χ4v) is 4.81. The van der Waals surface area contributed by atoms with E-state index in [9.17, 15) is 8.42 Å². The first-order chi connectivity index (χ1) is 12.8. The van der Waals surface area contributed by atoms with Crippen LogP contribution in [0.15, 0.2) is 47.4 Å². The van der Waals surface area contributed by atoms with E-state index < -0.39 is 10.0 Å². The topological polar surface area (TPSA) is 52.7 Å². The molecular formula is C17H16Cl3N3O2S2. The van der Waals surface area contributed by atoms with Gasteiger partial charge in [-0.3, -0.25) is 0 Å². The molecule has 27 heavy (non-hydrogen) atoms. The second-order valence-corrected chi connectivity index (χ2v) is 9.48. The molecule has 1 saturated heterocycles.